The fraction of sp³-hybridized carbons (Fsp3) is 0.207. The molecule has 1 aliphatic carbocycles. The second kappa shape index (κ2) is 9.22. The molecule has 5 rings (SSSR count). The monoisotopic (exact) mass is 466 g/mol. The molecule has 3 aromatic carbocycles. The van der Waals surface area contributed by atoms with Gasteiger partial charge in [0.2, 0.25) is 11.8 Å². The molecule has 0 saturated carbocycles. The number of rotatable bonds is 5. The van der Waals surface area contributed by atoms with Gasteiger partial charge in [0, 0.05) is 11.3 Å². The van der Waals surface area contributed by atoms with E-state index in [1.165, 1.54) is 4.90 Å². The molecule has 0 spiro atoms. The highest BCUT2D eigenvalue weighted by Crippen LogP contribution is 2.39. The van der Waals surface area contributed by atoms with E-state index in [0.717, 1.165) is 16.9 Å². The standard InChI is InChI=1S/C29H26N2O4/c1-18-7-16-24-25(17-18)29(34)31(28(24)33)22-12-8-20(9-13-22)27(32)30-21-10-14-23(15-11-21)35-26-6-4-3-5-19(26)2/h3-15,24-25H,16-17H2,1-2H3,(H,30,32)/t24-,25-/m1/s1. The lowest BCUT2D eigenvalue weighted by atomic mass is 9.82. The first-order valence-electron chi connectivity index (χ1n) is 11.7. The van der Waals surface area contributed by atoms with Gasteiger partial charge in [0.25, 0.3) is 5.91 Å². The molecule has 0 radical (unpaired) electrons. The molecule has 176 valence electrons. The van der Waals surface area contributed by atoms with E-state index in [9.17, 15) is 14.4 Å². The van der Waals surface area contributed by atoms with Crippen LogP contribution in [0.25, 0.3) is 0 Å². The minimum Gasteiger partial charge on any atom is -0.457 e. The number of hydrogen-bond acceptors (Lipinski definition) is 4. The molecule has 1 aliphatic heterocycles. The van der Waals surface area contributed by atoms with Gasteiger partial charge < -0.3 is 10.1 Å². The molecule has 1 N–H and O–H groups in total. The van der Waals surface area contributed by atoms with Crippen LogP contribution in [0.5, 0.6) is 11.5 Å². The quantitative estimate of drug-likeness (QED) is 0.376. The van der Waals surface area contributed by atoms with Crippen molar-refractivity contribution in [1.29, 1.82) is 0 Å². The number of amides is 3. The molecule has 1 fully saturated rings. The summed E-state index contributed by atoms with van der Waals surface area (Å²) in [6.07, 6.45) is 3.28. The molecule has 0 unspecified atom stereocenters. The summed E-state index contributed by atoms with van der Waals surface area (Å²) in [6, 6.07) is 21.5. The predicted molar refractivity (Wildman–Crippen MR) is 135 cm³/mol. The summed E-state index contributed by atoms with van der Waals surface area (Å²) in [6.45, 7) is 3.98. The van der Waals surface area contributed by atoms with Gasteiger partial charge in [0.15, 0.2) is 0 Å². The Labute approximate surface area is 204 Å². The van der Waals surface area contributed by atoms with Crippen LogP contribution >= 0.6 is 0 Å². The Balaban J connectivity index is 1.24. The Morgan fingerprint density at radius 2 is 1.57 bits per heavy atom. The number of imide groups is 1. The van der Waals surface area contributed by atoms with E-state index >= 15 is 0 Å². The summed E-state index contributed by atoms with van der Waals surface area (Å²) < 4.78 is 5.90. The van der Waals surface area contributed by atoms with Gasteiger partial charge in [-0.05, 0) is 86.8 Å². The van der Waals surface area contributed by atoms with Crippen LogP contribution in [-0.4, -0.2) is 17.7 Å². The minimum atomic E-state index is -0.285. The van der Waals surface area contributed by atoms with Crippen LogP contribution in [-0.2, 0) is 9.59 Å². The molecule has 2 atom stereocenters. The molecule has 6 heteroatoms. The first-order chi connectivity index (χ1) is 16.9. The maximum Gasteiger partial charge on any atom is 0.255 e. The molecule has 1 saturated heterocycles. The highest BCUT2D eigenvalue weighted by atomic mass is 16.5. The first-order valence-corrected chi connectivity index (χ1v) is 11.7. The minimum absolute atomic E-state index is 0.155. The van der Waals surface area contributed by atoms with Gasteiger partial charge in [-0.1, -0.05) is 29.8 Å². The maximum absolute atomic E-state index is 12.9. The lowest BCUT2D eigenvalue weighted by molar-refractivity contribution is -0.122. The fourth-order valence-electron chi connectivity index (χ4n) is 4.66. The highest BCUT2D eigenvalue weighted by Gasteiger charge is 2.48. The zero-order chi connectivity index (χ0) is 24.5. The summed E-state index contributed by atoms with van der Waals surface area (Å²) in [5.74, 6) is 0.293. The van der Waals surface area contributed by atoms with Crippen LogP contribution in [0, 0.1) is 18.8 Å². The van der Waals surface area contributed by atoms with Gasteiger partial charge >= 0.3 is 0 Å². The Morgan fingerprint density at radius 1 is 0.886 bits per heavy atom. The van der Waals surface area contributed by atoms with Crippen LogP contribution in [0.4, 0.5) is 11.4 Å². The van der Waals surface area contributed by atoms with Crippen molar-refractivity contribution >= 4 is 29.1 Å². The maximum atomic E-state index is 12.9. The third-order valence-electron chi connectivity index (χ3n) is 6.64. The van der Waals surface area contributed by atoms with E-state index in [2.05, 4.69) is 5.32 Å². The van der Waals surface area contributed by atoms with Crippen molar-refractivity contribution in [2.75, 3.05) is 10.2 Å². The van der Waals surface area contributed by atoms with E-state index in [4.69, 9.17) is 4.74 Å². The molecular weight excluding hydrogens is 440 g/mol. The van der Waals surface area contributed by atoms with Crippen molar-refractivity contribution in [2.24, 2.45) is 11.8 Å². The molecule has 3 aromatic rings. The number of hydrogen-bond donors (Lipinski definition) is 1. The zero-order valence-corrected chi connectivity index (χ0v) is 19.7. The number of aryl methyl sites for hydroxylation is 1. The van der Waals surface area contributed by atoms with E-state index < -0.39 is 0 Å². The van der Waals surface area contributed by atoms with Crippen LogP contribution in [0.15, 0.2) is 84.4 Å². The number of anilines is 2. The highest BCUT2D eigenvalue weighted by molar-refractivity contribution is 6.22. The van der Waals surface area contributed by atoms with Crippen molar-refractivity contribution in [2.45, 2.75) is 26.7 Å². The molecule has 2 aliphatic rings. The largest absolute Gasteiger partial charge is 0.457 e. The number of carbonyl (C=O) groups is 3. The van der Waals surface area contributed by atoms with Crippen molar-refractivity contribution in [1.82, 2.24) is 0 Å². The van der Waals surface area contributed by atoms with E-state index in [1.807, 2.05) is 44.2 Å². The number of ether oxygens (including phenoxy) is 1. The van der Waals surface area contributed by atoms with Crippen LogP contribution in [0.2, 0.25) is 0 Å². The van der Waals surface area contributed by atoms with Crippen LogP contribution in [0.1, 0.15) is 35.7 Å². The molecule has 0 aromatic heterocycles. The van der Waals surface area contributed by atoms with Crippen molar-refractivity contribution < 1.29 is 19.1 Å². The Hall–Kier alpha value is -4.19. The molecule has 3 amide bonds. The second-order valence-corrected chi connectivity index (χ2v) is 9.11. The van der Waals surface area contributed by atoms with Crippen LogP contribution < -0.4 is 15.0 Å². The smallest absolute Gasteiger partial charge is 0.255 e. The van der Waals surface area contributed by atoms with Crippen molar-refractivity contribution in [3.8, 4) is 11.5 Å². The van der Waals surface area contributed by atoms with E-state index in [0.29, 0.717) is 35.5 Å². The van der Waals surface area contributed by atoms with Gasteiger partial charge in [0.1, 0.15) is 11.5 Å². The number of nitrogens with zero attached hydrogens (tertiary/aromatic N) is 1. The first kappa shape index (κ1) is 22.6. The second-order valence-electron chi connectivity index (χ2n) is 9.11. The topological polar surface area (TPSA) is 75.7 Å². The zero-order valence-electron chi connectivity index (χ0n) is 19.7. The lowest BCUT2D eigenvalue weighted by Gasteiger charge is -2.18. The van der Waals surface area contributed by atoms with Gasteiger partial charge in [-0.25, -0.2) is 0 Å². The summed E-state index contributed by atoms with van der Waals surface area (Å²) in [7, 11) is 0. The van der Waals surface area contributed by atoms with Crippen LogP contribution in [0.3, 0.4) is 0 Å². The van der Waals surface area contributed by atoms with Crippen molar-refractivity contribution in [3.05, 3.63) is 95.6 Å². The SMILES string of the molecule is CC1=CC[C@H]2C(=O)N(c3ccc(C(=O)Nc4ccc(Oc5ccccc5C)cc4)cc3)C(=O)[C@@H]2C1. The predicted octanol–water partition coefficient (Wildman–Crippen LogP) is 5.89. The average Bonchev–Trinajstić information content (AvgIpc) is 3.11. The van der Waals surface area contributed by atoms with E-state index in [-0.39, 0.29) is 29.6 Å². The number of benzene rings is 3. The van der Waals surface area contributed by atoms with Crippen molar-refractivity contribution in [3.63, 3.8) is 0 Å². The van der Waals surface area contributed by atoms with E-state index in [1.54, 1.807) is 48.5 Å². The summed E-state index contributed by atoms with van der Waals surface area (Å²) >= 11 is 0. The third-order valence-corrected chi connectivity index (χ3v) is 6.64. The van der Waals surface area contributed by atoms with Gasteiger partial charge in [0.05, 0.1) is 17.5 Å². The number of allylic oxidation sites excluding steroid dienone is 2. The molecule has 0 bridgehead atoms. The number of nitrogens with one attached hydrogen (secondary N) is 1. The number of para-hydroxylation sites is 1. The average molecular weight is 467 g/mol. The summed E-state index contributed by atoms with van der Waals surface area (Å²) in [5, 5.41) is 2.86. The number of carbonyl (C=O) groups excluding carboxylic acids is 3. The molecular formula is C29H26N2O4. The molecule has 6 nitrogen and oxygen atoms in total. The lowest BCUT2D eigenvalue weighted by Crippen LogP contribution is -2.30. The Morgan fingerprint density at radius 3 is 2.29 bits per heavy atom. The van der Waals surface area contributed by atoms with Gasteiger partial charge in [-0.3, -0.25) is 19.3 Å². The molecule has 1 heterocycles. The molecule has 35 heavy (non-hydrogen) atoms. The van der Waals surface area contributed by atoms with Gasteiger partial charge in [-0.15, -0.1) is 0 Å². The third kappa shape index (κ3) is 4.47. The fourth-order valence-corrected chi connectivity index (χ4v) is 4.66. The normalized spacial score (nSPS) is 19.3. The summed E-state index contributed by atoms with van der Waals surface area (Å²) in [4.78, 5) is 39.8. The Bertz CT molecular complexity index is 1330. The summed E-state index contributed by atoms with van der Waals surface area (Å²) in [5.41, 5.74) is 3.75. The number of fused-ring (bicyclic) bond motifs is 1. The Kier molecular flexibility index (Phi) is 5.95. The van der Waals surface area contributed by atoms with Gasteiger partial charge in [-0.2, -0.15) is 0 Å².